The van der Waals surface area contributed by atoms with Gasteiger partial charge in [-0.1, -0.05) is 6.07 Å². The molecule has 8 nitrogen and oxygen atoms in total. The van der Waals surface area contributed by atoms with Gasteiger partial charge in [-0.05, 0) is 45.2 Å². The summed E-state index contributed by atoms with van der Waals surface area (Å²) < 4.78 is 5.42. The fourth-order valence-electron chi connectivity index (χ4n) is 3.49. The molecular weight excluding hydrogens is 348 g/mol. The van der Waals surface area contributed by atoms with E-state index >= 15 is 0 Å². The highest BCUT2D eigenvalue weighted by atomic mass is 16.6. The molecule has 2 aliphatic heterocycles. The summed E-state index contributed by atoms with van der Waals surface area (Å²) in [6.45, 7) is 8.20. The number of aliphatic hydroxyl groups excluding tert-OH is 2. The Morgan fingerprint density at radius 3 is 2.44 bits per heavy atom. The Morgan fingerprint density at radius 1 is 1.19 bits per heavy atom. The molecule has 0 aliphatic carbocycles. The minimum Gasteiger partial charge on any atom is -0.444 e. The van der Waals surface area contributed by atoms with E-state index in [1.165, 1.54) is 0 Å². The highest BCUT2D eigenvalue weighted by molar-refractivity contribution is 5.68. The molecule has 0 aromatic carbocycles. The van der Waals surface area contributed by atoms with E-state index in [0.717, 1.165) is 11.4 Å². The van der Waals surface area contributed by atoms with Crippen LogP contribution in [0, 0.1) is 0 Å². The number of hydrogen-bond donors (Lipinski definition) is 3. The van der Waals surface area contributed by atoms with Crippen LogP contribution in [0.3, 0.4) is 0 Å². The molecule has 3 unspecified atom stereocenters. The van der Waals surface area contributed by atoms with Gasteiger partial charge in [-0.15, -0.1) is 0 Å². The largest absolute Gasteiger partial charge is 0.444 e. The SMILES string of the molecule is CC(C)(C)OC(=O)N1CCN(c2ccc(C3CCC(O)NC3O)cn2)CC1. The van der Waals surface area contributed by atoms with Crippen molar-refractivity contribution in [1.82, 2.24) is 15.2 Å². The molecule has 0 radical (unpaired) electrons. The number of carbonyl (C=O) groups excluding carboxylic acids is 1. The molecule has 1 aromatic rings. The molecule has 3 heterocycles. The van der Waals surface area contributed by atoms with E-state index in [2.05, 4.69) is 15.2 Å². The Kier molecular flexibility index (Phi) is 5.88. The maximum atomic E-state index is 12.2. The number of ether oxygens (including phenoxy) is 1. The quantitative estimate of drug-likeness (QED) is 0.712. The number of carbonyl (C=O) groups is 1. The number of nitrogens with zero attached hydrogens (tertiary/aromatic N) is 3. The van der Waals surface area contributed by atoms with Gasteiger partial charge in [0.25, 0.3) is 0 Å². The molecule has 3 rings (SSSR count). The maximum absolute atomic E-state index is 12.2. The first-order valence-corrected chi connectivity index (χ1v) is 9.54. The van der Waals surface area contributed by atoms with E-state index in [9.17, 15) is 15.0 Å². The number of hydrogen-bond acceptors (Lipinski definition) is 7. The van der Waals surface area contributed by atoms with E-state index in [1.807, 2.05) is 32.9 Å². The molecule has 1 aromatic heterocycles. The van der Waals surface area contributed by atoms with Crippen molar-refractivity contribution in [3.8, 4) is 0 Å². The molecule has 3 atom stereocenters. The van der Waals surface area contributed by atoms with Crippen LogP contribution in [-0.4, -0.2) is 70.4 Å². The fraction of sp³-hybridized carbons (Fsp3) is 0.684. The Bertz CT molecular complexity index is 638. The average Bonchev–Trinajstić information content (AvgIpc) is 2.61. The van der Waals surface area contributed by atoms with Gasteiger partial charge in [-0.3, -0.25) is 5.32 Å². The zero-order valence-corrected chi connectivity index (χ0v) is 16.3. The van der Waals surface area contributed by atoms with Gasteiger partial charge in [0.05, 0.1) is 0 Å². The summed E-state index contributed by atoms with van der Waals surface area (Å²) in [6, 6.07) is 3.94. The predicted octanol–water partition coefficient (Wildman–Crippen LogP) is 1.24. The second-order valence-corrected chi connectivity index (χ2v) is 8.22. The minimum absolute atomic E-state index is 0.0704. The van der Waals surface area contributed by atoms with E-state index in [0.29, 0.717) is 39.0 Å². The van der Waals surface area contributed by atoms with Gasteiger partial charge in [0.1, 0.15) is 23.9 Å². The number of amides is 1. The number of pyridine rings is 1. The molecule has 3 N–H and O–H groups in total. The van der Waals surface area contributed by atoms with Gasteiger partial charge in [-0.2, -0.15) is 0 Å². The first-order chi connectivity index (χ1) is 12.7. The van der Waals surface area contributed by atoms with Crippen molar-refractivity contribution in [2.45, 2.75) is 57.6 Å². The van der Waals surface area contributed by atoms with Crippen LogP contribution < -0.4 is 10.2 Å². The summed E-state index contributed by atoms with van der Waals surface area (Å²) in [5.74, 6) is 0.792. The number of aromatic nitrogens is 1. The van der Waals surface area contributed by atoms with E-state index in [-0.39, 0.29) is 12.0 Å². The van der Waals surface area contributed by atoms with Crippen molar-refractivity contribution < 1.29 is 19.7 Å². The maximum Gasteiger partial charge on any atom is 0.410 e. The standard InChI is InChI=1S/C19H30N4O4/c1-19(2,3)27-18(26)23-10-8-22(9-11-23)15-6-4-13(12-20-15)14-5-7-16(24)21-17(14)25/h4,6,12,14,16-17,21,24-25H,5,7-11H2,1-3H3. The molecule has 150 valence electrons. The number of piperidine rings is 1. The second kappa shape index (κ2) is 8.00. The third kappa shape index (κ3) is 5.09. The third-order valence-electron chi connectivity index (χ3n) is 4.95. The van der Waals surface area contributed by atoms with Crippen LogP contribution in [0.25, 0.3) is 0 Å². The molecule has 8 heteroatoms. The summed E-state index contributed by atoms with van der Waals surface area (Å²) in [5.41, 5.74) is 0.471. The molecule has 2 saturated heterocycles. The minimum atomic E-state index is -0.765. The highest BCUT2D eigenvalue weighted by Gasteiger charge is 2.29. The molecule has 27 heavy (non-hydrogen) atoms. The first kappa shape index (κ1) is 19.9. The number of nitrogens with one attached hydrogen (secondary N) is 1. The van der Waals surface area contributed by atoms with E-state index in [1.54, 1.807) is 11.1 Å². The van der Waals surface area contributed by atoms with E-state index in [4.69, 9.17) is 4.74 Å². The second-order valence-electron chi connectivity index (χ2n) is 8.22. The van der Waals surface area contributed by atoms with Crippen LogP contribution >= 0.6 is 0 Å². The summed E-state index contributed by atoms with van der Waals surface area (Å²) >= 11 is 0. The summed E-state index contributed by atoms with van der Waals surface area (Å²) in [6.07, 6.45) is 1.43. The van der Waals surface area contributed by atoms with Crippen LogP contribution in [0.4, 0.5) is 10.6 Å². The summed E-state index contributed by atoms with van der Waals surface area (Å²) in [7, 11) is 0. The first-order valence-electron chi connectivity index (χ1n) is 9.54. The third-order valence-corrected chi connectivity index (χ3v) is 4.95. The normalized spacial score (nSPS) is 26.8. The fourth-order valence-corrected chi connectivity index (χ4v) is 3.49. The van der Waals surface area contributed by atoms with Crippen LogP contribution in [0.1, 0.15) is 45.1 Å². The molecule has 2 aliphatic rings. The van der Waals surface area contributed by atoms with Gasteiger partial charge in [-0.25, -0.2) is 9.78 Å². The lowest BCUT2D eigenvalue weighted by Gasteiger charge is -2.36. The summed E-state index contributed by atoms with van der Waals surface area (Å²) in [4.78, 5) is 20.6. The lowest BCUT2D eigenvalue weighted by Crippen LogP contribution is -2.50. The van der Waals surface area contributed by atoms with Gasteiger partial charge in [0.2, 0.25) is 0 Å². The molecular formula is C19H30N4O4. The van der Waals surface area contributed by atoms with Gasteiger partial charge >= 0.3 is 6.09 Å². The van der Waals surface area contributed by atoms with Gasteiger partial charge < -0.3 is 24.7 Å². The lowest BCUT2D eigenvalue weighted by atomic mass is 9.90. The van der Waals surface area contributed by atoms with Crippen molar-refractivity contribution in [1.29, 1.82) is 0 Å². The Labute approximate surface area is 160 Å². The van der Waals surface area contributed by atoms with Crippen LogP contribution in [0.5, 0.6) is 0 Å². The topological polar surface area (TPSA) is 98.2 Å². The number of piperazine rings is 1. The molecule has 0 bridgehead atoms. The van der Waals surface area contributed by atoms with Crippen molar-refractivity contribution in [2.75, 3.05) is 31.1 Å². The average molecular weight is 378 g/mol. The number of aliphatic hydroxyl groups is 2. The predicted molar refractivity (Wildman–Crippen MR) is 101 cm³/mol. The highest BCUT2D eigenvalue weighted by Crippen LogP contribution is 2.29. The molecule has 2 fully saturated rings. The Morgan fingerprint density at radius 2 is 1.89 bits per heavy atom. The number of rotatable bonds is 2. The lowest BCUT2D eigenvalue weighted by molar-refractivity contribution is -0.0101. The smallest absolute Gasteiger partial charge is 0.410 e. The van der Waals surface area contributed by atoms with Gasteiger partial charge in [0.15, 0.2) is 0 Å². The zero-order chi connectivity index (χ0) is 19.6. The van der Waals surface area contributed by atoms with Crippen LogP contribution in [-0.2, 0) is 4.74 Å². The van der Waals surface area contributed by atoms with Crippen LogP contribution in [0.15, 0.2) is 18.3 Å². The Hall–Kier alpha value is -1.90. The monoisotopic (exact) mass is 378 g/mol. The van der Waals surface area contributed by atoms with Crippen molar-refractivity contribution in [3.05, 3.63) is 23.9 Å². The van der Waals surface area contributed by atoms with Crippen LogP contribution in [0.2, 0.25) is 0 Å². The van der Waals surface area contributed by atoms with Gasteiger partial charge in [0, 0.05) is 38.3 Å². The van der Waals surface area contributed by atoms with Crippen molar-refractivity contribution >= 4 is 11.9 Å². The number of anilines is 1. The molecule has 1 amide bonds. The van der Waals surface area contributed by atoms with E-state index < -0.39 is 18.1 Å². The Balaban J connectivity index is 1.55. The van der Waals surface area contributed by atoms with Crippen molar-refractivity contribution in [3.63, 3.8) is 0 Å². The zero-order valence-electron chi connectivity index (χ0n) is 16.3. The molecule has 0 spiro atoms. The summed E-state index contributed by atoms with van der Waals surface area (Å²) in [5, 5.41) is 22.4. The molecule has 0 saturated carbocycles. The van der Waals surface area contributed by atoms with Crippen molar-refractivity contribution in [2.24, 2.45) is 0 Å².